The quantitative estimate of drug-likeness (QED) is 0.138. The Bertz CT molecular complexity index is 4500. The van der Waals surface area contributed by atoms with Crippen molar-refractivity contribution in [2.75, 3.05) is 0 Å². The molecule has 0 amide bonds. The Hall–Kier alpha value is -11.8. The van der Waals surface area contributed by atoms with Gasteiger partial charge in [0, 0.05) is 119 Å². The van der Waals surface area contributed by atoms with Crippen molar-refractivity contribution < 1.29 is 0 Å². The van der Waals surface area contributed by atoms with Crippen LogP contribution < -0.4 is 0 Å². The van der Waals surface area contributed by atoms with Gasteiger partial charge >= 0.3 is 0 Å². The monoisotopic (exact) mass is 1380 g/mol. The molecule has 534 valence electrons. The minimum atomic E-state index is 0.829. The third-order valence-electron chi connectivity index (χ3n) is 15.2. The molecule has 16 nitrogen and oxygen atoms in total. The molecule has 0 N–H and O–H groups in total. The summed E-state index contributed by atoms with van der Waals surface area (Å²) in [5.74, 6) is 0.829. The van der Waals surface area contributed by atoms with Gasteiger partial charge in [0.15, 0.2) is 0 Å². The zero-order valence-electron chi connectivity index (χ0n) is 64.9. The highest BCUT2D eigenvalue weighted by molar-refractivity contribution is 5.86. The SMILES string of the molecule is Cc1cc(C)c2ncccc2c1.Cc1cc(C)ncn1.Cc1ccc(C)c2ncccc12.Cc1ccc(C)nc1.Cc1ccc(C)nn1.Cc1ccc2c(C)ccnc2c1.Cc1ccnc(C)c1.Cc1ccnc2c(C)cccc12.Cc1cnc(C)cn1.Cc1cnc(C)nc1.Cc1cncc(C)n1. The van der Waals surface area contributed by atoms with E-state index in [1.807, 2.05) is 194 Å². The lowest BCUT2D eigenvalue weighted by molar-refractivity contribution is 0.941. The standard InChI is InChI=1S/4C11H11N.2C7H9N.5C6H8N2/c1-8-3-4-10-9(2)5-6-12-11(10)7-8;1-8-5-6-9(2)11-10(8)4-3-7-12-11;1-8-6-9(2)11-10(7-8)4-3-5-12-11;1-8-6-7-12-11-9(2)4-3-5-10(8)11;1-6-3-4-8-7(2)5-6;1-6-3-4-7(2)8-5-6;1-5-3-8-6(2)4-7-5;1-5-3-7-4-6(2)8-5;1-5-3-6(2)8-4-7-5;1-5-3-7-6(2)8-4-5;1-5-3-4-6(2)8-7-5/h4*3-7H,1-2H3;2*3-5H,1-2H3;5*3-4H,1-2H3. The van der Waals surface area contributed by atoms with Crippen LogP contribution in [-0.4, -0.2) is 80.0 Å². The van der Waals surface area contributed by atoms with Gasteiger partial charge in [-0.05, 0) is 281 Å². The first kappa shape index (κ1) is 82.9. The van der Waals surface area contributed by atoms with Crippen LogP contribution in [0.1, 0.15) is 124 Å². The van der Waals surface area contributed by atoms with E-state index in [1.165, 1.54) is 77.2 Å². The normalized spacial score (nSPS) is 9.83. The van der Waals surface area contributed by atoms with E-state index < -0.39 is 0 Å². The molecule has 15 aromatic rings. The Kier molecular flexibility index (Phi) is 34.9. The Labute approximate surface area is 616 Å². The summed E-state index contributed by atoms with van der Waals surface area (Å²) < 4.78 is 0. The maximum Gasteiger partial charge on any atom is 0.125 e. The van der Waals surface area contributed by atoms with Gasteiger partial charge in [-0.15, -0.1) is 0 Å². The zero-order valence-corrected chi connectivity index (χ0v) is 64.9. The molecule has 0 aliphatic rings. The third-order valence-corrected chi connectivity index (χ3v) is 15.2. The summed E-state index contributed by atoms with van der Waals surface area (Å²) in [7, 11) is 0. The predicted molar refractivity (Wildman–Crippen MR) is 430 cm³/mol. The highest BCUT2D eigenvalue weighted by atomic mass is 15.1. The Morgan fingerprint density at radius 2 is 0.702 bits per heavy atom. The van der Waals surface area contributed by atoms with Crippen molar-refractivity contribution in [1.29, 1.82) is 0 Å². The van der Waals surface area contributed by atoms with E-state index in [1.54, 1.807) is 31.1 Å². The lowest BCUT2D eigenvalue weighted by Gasteiger charge is -2.02. The molecule has 11 aromatic heterocycles. The van der Waals surface area contributed by atoms with Gasteiger partial charge in [-0.2, -0.15) is 10.2 Å². The molecule has 16 heteroatoms. The Balaban J connectivity index is 0.000000207. The number of para-hydroxylation sites is 1. The molecule has 11 heterocycles. The van der Waals surface area contributed by atoms with Crippen LogP contribution in [0.3, 0.4) is 0 Å². The maximum absolute atomic E-state index is 4.34. The molecule has 0 saturated heterocycles. The van der Waals surface area contributed by atoms with E-state index in [-0.39, 0.29) is 0 Å². The van der Waals surface area contributed by atoms with Gasteiger partial charge in [0.05, 0.1) is 56.2 Å². The number of hydrogen-bond acceptors (Lipinski definition) is 16. The van der Waals surface area contributed by atoms with Crippen LogP contribution >= 0.6 is 0 Å². The van der Waals surface area contributed by atoms with E-state index >= 15 is 0 Å². The van der Waals surface area contributed by atoms with Crippen LogP contribution in [0.25, 0.3) is 43.6 Å². The van der Waals surface area contributed by atoms with Gasteiger partial charge < -0.3 is 0 Å². The second-order valence-corrected chi connectivity index (χ2v) is 25.5. The zero-order chi connectivity index (χ0) is 76.1. The van der Waals surface area contributed by atoms with E-state index in [0.717, 1.165) is 90.4 Å². The lowest BCUT2D eigenvalue weighted by Crippen LogP contribution is -1.86. The van der Waals surface area contributed by atoms with Crippen LogP contribution in [0.5, 0.6) is 0 Å². The minimum absolute atomic E-state index is 0.829. The summed E-state index contributed by atoms with van der Waals surface area (Å²) in [5, 5.41) is 12.7. The average molecular weight is 1380 g/mol. The van der Waals surface area contributed by atoms with Crippen LogP contribution in [-0.2, 0) is 0 Å². The largest absolute Gasteiger partial charge is 0.262 e. The van der Waals surface area contributed by atoms with Crippen LogP contribution in [0.2, 0.25) is 0 Å². The van der Waals surface area contributed by atoms with Crippen molar-refractivity contribution in [3.8, 4) is 0 Å². The molecule has 0 aliphatic carbocycles. The highest BCUT2D eigenvalue weighted by Gasteiger charge is 2.02. The fourth-order valence-electron chi connectivity index (χ4n) is 9.67. The van der Waals surface area contributed by atoms with Crippen molar-refractivity contribution in [1.82, 2.24) is 80.0 Å². The van der Waals surface area contributed by atoms with Crippen molar-refractivity contribution in [2.45, 2.75) is 152 Å². The summed E-state index contributed by atoms with van der Waals surface area (Å²) in [6, 6.07) is 47.4. The first-order valence-corrected chi connectivity index (χ1v) is 34.5. The number of fused-ring (bicyclic) bond motifs is 4. The molecule has 0 spiro atoms. The van der Waals surface area contributed by atoms with Crippen molar-refractivity contribution in [2.24, 2.45) is 0 Å². The van der Waals surface area contributed by atoms with Crippen molar-refractivity contribution in [3.05, 3.63) is 344 Å². The Morgan fingerprint density at radius 1 is 0.221 bits per heavy atom. The summed E-state index contributed by atoms with van der Waals surface area (Å²) in [6.45, 7) is 44.2. The summed E-state index contributed by atoms with van der Waals surface area (Å²) >= 11 is 0. The molecular formula is C88H102N16. The molecule has 104 heavy (non-hydrogen) atoms. The third kappa shape index (κ3) is 31.0. The maximum atomic E-state index is 4.34. The van der Waals surface area contributed by atoms with Crippen molar-refractivity contribution >= 4 is 43.6 Å². The summed E-state index contributed by atoms with van der Waals surface area (Å²) in [4.78, 5) is 57.3. The smallest absolute Gasteiger partial charge is 0.125 e. The van der Waals surface area contributed by atoms with Gasteiger partial charge in [0.1, 0.15) is 12.2 Å². The van der Waals surface area contributed by atoms with Crippen LogP contribution in [0.4, 0.5) is 0 Å². The first-order valence-electron chi connectivity index (χ1n) is 34.5. The molecule has 0 fully saturated rings. The molecular weight excluding hydrogens is 1280 g/mol. The molecule has 0 atom stereocenters. The van der Waals surface area contributed by atoms with Gasteiger partial charge in [0.25, 0.3) is 0 Å². The molecule has 0 unspecified atom stereocenters. The number of benzene rings is 4. The summed E-state index contributed by atoms with van der Waals surface area (Å²) in [6.07, 6.45) is 23.3. The fourth-order valence-corrected chi connectivity index (χ4v) is 9.67. The van der Waals surface area contributed by atoms with E-state index in [4.69, 9.17) is 0 Å². The van der Waals surface area contributed by atoms with Gasteiger partial charge in [-0.25, -0.2) is 19.9 Å². The molecule has 0 bridgehead atoms. The number of rotatable bonds is 0. The number of pyridine rings is 6. The molecule has 0 radical (unpaired) electrons. The van der Waals surface area contributed by atoms with E-state index in [9.17, 15) is 0 Å². The predicted octanol–water partition coefficient (Wildman–Crippen LogP) is 20.3. The first-order chi connectivity index (χ1) is 49.6. The van der Waals surface area contributed by atoms with E-state index in [2.05, 4.69) is 227 Å². The number of aryl methyl sites for hydroxylation is 22. The van der Waals surface area contributed by atoms with E-state index in [0.29, 0.717) is 0 Å². The topological polar surface area (TPSA) is 206 Å². The number of nitrogens with zero attached hydrogens (tertiary/aromatic N) is 16. The summed E-state index contributed by atoms with van der Waals surface area (Å²) in [5.41, 5.74) is 28.3. The van der Waals surface area contributed by atoms with Gasteiger partial charge in [-0.1, -0.05) is 72.3 Å². The lowest BCUT2D eigenvalue weighted by atomic mass is 10.1. The fraction of sp³-hybridized carbons (Fsp3) is 0.250. The number of hydrogen-bond donors (Lipinski definition) is 0. The minimum Gasteiger partial charge on any atom is -0.262 e. The highest BCUT2D eigenvalue weighted by Crippen LogP contribution is 2.21. The molecule has 0 saturated carbocycles. The number of aromatic nitrogens is 16. The average Bonchev–Trinajstić information content (AvgIpc) is 0.868. The van der Waals surface area contributed by atoms with Gasteiger partial charge in [-0.3, -0.25) is 49.8 Å². The van der Waals surface area contributed by atoms with Crippen molar-refractivity contribution in [3.63, 3.8) is 0 Å². The second kappa shape index (κ2) is 43.8. The van der Waals surface area contributed by atoms with Crippen LogP contribution in [0, 0.1) is 152 Å². The van der Waals surface area contributed by atoms with Gasteiger partial charge in [0.2, 0.25) is 0 Å². The van der Waals surface area contributed by atoms with Crippen LogP contribution in [0.15, 0.2) is 220 Å². The molecule has 15 rings (SSSR count). The molecule has 0 aliphatic heterocycles. The second-order valence-electron chi connectivity index (χ2n) is 25.5. The Morgan fingerprint density at radius 3 is 1.20 bits per heavy atom. The molecule has 4 aromatic carbocycles.